The van der Waals surface area contributed by atoms with Gasteiger partial charge in [-0.1, -0.05) is 54.3 Å². The summed E-state index contributed by atoms with van der Waals surface area (Å²) in [6.07, 6.45) is 6.44. The first-order chi connectivity index (χ1) is 14.6. The number of benzene rings is 2. The van der Waals surface area contributed by atoms with Gasteiger partial charge in [-0.3, -0.25) is 14.5 Å². The van der Waals surface area contributed by atoms with Crippen LogP contribution < -0.4 is 5.32 Å². The van der Waals surface area contributed by atoms with E-state index in [0.29, 0.717) is 6.04 Å². The number of hydrogen-bond acceptors (Lipinski definition) is 3. The molecule has 0 bridgehead atoms. The van der Waals surface area contributed by atoms with Crippen LogP contribution in [0, 0.1) is 13.8 Å². The summed E-state index contributed by atoms with van der Waals surface area (Å²) < 4.78 is 1.86. The Bertz CT molecular complexity index is 1230. The number of nitrogens with zero attached hydrogens (tertiary/aromatic N) is 3. The zero-order chi connectivity index (χ0) is 20.7. The molecule has 0 atom stereocenters. The second-order valence-electron chi connectivity index (χ2n) is 8.46. The molecular weight excluding hydrogens is 372 g/mol. The molecule has 0 radical (unpaired) electrons. The number of pyridine rings is 1. The molecule has 1 amide bonds. The summed E-state index contributed by atoms with van der Waals surface area (Å²) in [4.78, 5) is 17.5. The highest BCUT2D eigenvalue weighted by Crippen LogP contribution is 2.32. The zero-order valence-corrected chi connectivity index (χ0v) is 17.5. The smallest absolute Gasteiger partial charge is 0.241 e. The molecule has 5 rings (SSSR count). The number of aryl methyl sites for hydroxylation is 2. The lowest BCUT2D eigenvalue weighted by Crippen LogP contribution is -2.35. The van der Waals surface area contributed by atoms with Crippen LogP contribution >= 0.6 is 0 Å². The maximum Gasteiger partial charge on any atom is 0.241 e. The van der Waals surface area contributed by atoms with Gasteiger partial charge in [-0.25, -0.2) is 0 Å². The first-order valence-corrected chi connectivity index (χ1v) is 10.7. The van der Waals surface area contributed by atoms with Crippen LogP contribution in [0.4, 0.5) is 0 Å². The minimum absolute atomic E-state index is 0.0272. The fraction of sp³-hybridized carbons (Fsp3) is 0.320. The number of fused-ring (bicyclic) bond motifs is 3. The molecule has 1 N–H and O–H groups in total. The fourth-order valence-electron chi connectivity index (χ4n) is 4.49. The lowest BCUT2D eigenvalue weighted by molar-refractivity contribution is -0.122. The summed E-state index contributed by atoms with van der Waals surface area (Å²) in [6.45, 7) is 4.37. The van der Waals surface area contributed by atoms with E-state index in [1.165, 1.54) is 18.4 Å². The molecule has 0 spiro atoms. The van der Waals surface area contributed by atoms with E-state index in [9.17, 15) is 4.79 Å². The van der Waals surface area contributed by atoms with Crippen LogP contribution in [0.2, 0.25) is 0 Å². The van der Waals surface area contributed by atoms with Crippen molar-refractivity contribution in [2.45, 2.75) is 52.1 Å². The van der Waals surface area contributed by atoms with Gasteiger partial charge in [0.25, 0.3) is 0 Å². The van der Waals surface area contributed by atoms with Crippen molar-refractivity contribution < 1.29 is 4.79 Å². The van der Waals surface area contributed by atoms with Gasteiger partial charge in [0.1, 0.15) is 12.2 Å². The predicted molar refractivity (Wildman–Crippen MR) is 120 cm³/mol. The molecule has 1 fully saturated rings. The van der Waals surface area contributed by atoms with Crippen molar-refractivity contribution >= 4 is 27.7 Å². The summed E-state index contributed by atoms with van der Waals surface area (Å²) >= 11 is 0. The summed E-state index contributed by atoms with van der Waals surface area (Å²) in [7, 11) is 0. The van der Waals surface area contributed by atoms with Gasteiger partial charge in [0.2, 0.25) is 5.91 Å². The molecule has 5 nitrogen and oxygen atoms in total. The highest BCUT2D eigenvalue weighted by Gasteiger charge is 2.20. The second kappa shape index (κ2) is 7.56. The second-order valence-corrected chi connectivity index (χ2v) is 8.46. The number of nitrogens with one attached hydrogen (secondary N) is 1. The van der Waals surface area contributed by atoms with Gasteiger partial charge in [0, 0.05) is 28.6 Å². The highest BCUT2D eigenvalue weighted by atomic mass is 16.2. The Kier molecular flexibility index (Phi) is 4.74. The summed E-state index contributed by atoms with van der Waals surface area (Å²) in [5, 5.41) is 10.1. The van der Waals surface area contributed by atoms with E-state index in [2.05, 4.69) is 60.5 Å². The molecule has 1 aliphatic carbocycles. The Morgan fingerprint density at radius 1 is 1.03 bits per heavy atom. The molecule has 0 aliphatic heterocycles. The van der Waals surface area contributed by atoms with E-state index >= 15 is 0 Å². The third kappa shape index (κ3) is 3.45. The highest BCUT2D eigenvalue weighted by molar-refractivity contribution is 6.08. The molecule has 5 heteroatoms. The molecule has 4 aromatic rings. The van der Waals surface area contributed by atoms with Crippen molar-refractivity contribution in [2.24, 2.45) is 0 Å². The minimum atomic E-state index is 0.0272. The quantitative estimate of drug-likeness (QED) is 0.530. The number of carbonyl (C=O) groups is 1. The standard InChI is InChI=1S/C25H26N4O/c1-16-7-10-18(11-8-16)24-21-14-26-22-12-9-17(2)13-20(22)25(21)29(28-24)15-23(30)27-19-5-3-4-6-19/h7-14,19H,3-6,15H2,1-2H3,(H,27,30). The van der Waals surface area contributed by atoms with Crippen molar-refractivity contribution in [1.82, 2.24) is 20.1 Å². The van der Waals surface area contributed by atoms with Crippen molar-refractivity contribution in [3.8, 4) is 11.3 Å². The Morgan fingerprint density at radius 2 is 1.77 bits per heavy atom. The normalized spacial score (nSPS) is 14.6. The molecule has 2 aromatic carbocycles. The molecule has 0 unspecified atom stereocenters. The molecule has 2 aromatic heterocycles. The van der Waals surface area contributed by atoms with Crippen LogP contribution in [0.15, 0.2) is 48.7 Å². The maximum absolute atomic E-state index is 12.8. The van der Waals surface area contributed by atoms with Gasteiger partial charge in [-0.2, -0.15) is 5.10 Å². The Hall–Kier alpha value is -3.21. The van der Waals surface area contributed by atoms with Crippen LogP contribution in [0.1, 0.15) is 36.8 Å². The lowest BCUT2D eigenvalue weighted by Gasteiger charge is -2.12. The van der Waals surface area contributed by atoms with Gasteiger partial charge in [-0.15, -0.1) is 0 Å². The largest absolute Gasteiger partial charge is 0.352 e. The van der Waals surface area contributed by atoms with Gasteiger partial charge in [0.15, 0.2) is 0 Å². The van der Waals surface area contributed by atoms with Crippen molar-refractivity contribution in [1.29, 1.82) is 0 Å². The lowest BCUT2D eigenvalue weighted by atomic mass is 10.0. The van der Waals surface area contributed by atoms with E-state index in [0.717, 1.165) is 51.5 Å². The Morgan fingerprint density at radius 3 is 2.53 bits per heavy atom. The van der Waals surface area contributed by atoms with Crippen LogP contribution in [0.25, 0.3) is 33.1 Å². The number of amides is 1. The SMILES string of the molecule is Cc1ccc(-c2nn(CC(=O)NC3CCCC3)c3c2cnc2ccc(C)cc23)cc1. The van der Waals surface area contributed by atoms with E-state index in [1.807, 2.05) is 16.9 Å². The van der Waals surface area contributed by atoms with Crippen LogP contribution in [0.5, 0.6) is 0 Å². The third-order valence-corrected chi connectivity index (χ3v) is 6.07. The topological polar surface area (TPSA) is 59.8 Å². The van der Waals surface area contributed by atoms with E-state index in [-0.39, 0.29) is 12.5 Å². The zero-order valence-electron chi connectivity index (χ0n) is 17.5. The Balaban J connectivity index is 1.64. The average molecular weight is 399 g/mol. The van der Waals surface area contributed by atoms with Gasteiger partial charge < -0.3 is 5.32 Å². The van der Waals surface area contributed by atoms with Gasteiger partial charge in [-0.05, 0) is 38.8 Å². The number of carbonyl (C=O) groups excluding carboxylic acids is 1. The minimum Gasteiger partial charge on any atom is -0.352 e. The maximum atomic E-state index is 12.8. The molecule has 1 aliphatic rings. The van der Waals surface area contributed by atoms with E-state index in [1.54, 1.807) is 0 Å². The van der Waals surface area contributed by atoms with Crippen molar-refractivity contribution in [3.05, 3.63) is 59.8 Å². The Labute approximate surface area is 176 Å². The number of rotatable bonds is 4. The average Bonchev–Trinajstić information content (AvgIpc) is 3.36. The fourth-order valence-corrected chi connectivity index (χ4v) is 4.49. The molecular formula is C25H26N4O. The van der Waals surface area contributed by atoms with Crippen molar-refractivity contribution in [3.63, 3.8) is 0 Å². The van der Waals surface area contributed by atoms with Crippen LogP contribution in [0.3, 0.4) is 0 Å². The van der Waals surface area contributed by atoms with Crippen molar-refractivity contribution in [2.75, 3.05) is 0 Å². The third-order valence-electron chi connectivity index (χ3n) is 6.07. The van der Waals surface area contributed by atoms with E-state index < -0.39 is 0 Å². The molecule has 30 heavy (non-hydrogen) atoms. The first kappa shape index (κ1) is 18.8. The summed E-state index contributed by atoms with van der Waals surface area (Å²) in [6, 6.07) is 14.9. The number of aromatic nitrogens is 3. The van der Waals surface area contributed by atoms with Gasteiger partial charge in [0.05, 0.1) is 11.0 Å². The molecule has 1 saturated carbocycles. The van der Waals surface area contributed by atoms with Crippen LogP contribution in [-0.4, -0.2) is 26.7 Å². The first-order valence-electron chi connectivity index (χ1n) is 10.7. The van der Waals surface area contributed by atoms with E-state index in [4.69, 9.17) is 5.10 Å². The summed E-state index contributed by atoms with van der Waals surface area (Å²) in [5.41, 5.74) is 6.17. The molecule has 0 saturated heterocycles. The summed E-state index contributed by atoms with van der Waals surface area (Å²) in [5.74, 6) is 0.0272. The molecule has 152 valence electrons. The number of hydrogen-bond donors (Lipinski definition) is 1. The molecule has 2 heterocycles. The van der Waals surface area contributed by atoms with Gasteiger partial charge >= 0.3 is 0 Å². The predicted octanol–water partition coefficient (Wildman–Crippen LogP) is 4.93. The monoisotopic (exact) mass is 398 g/mol. The van der Waals surface area contributed by atoms with Crippen LogP contribution in [-0.2, 0) is 11.3 Å².